The van der Waals surface area contributed by atoms with Crippen LogP contribution < -0.4 is 11.3 Å². The molecule has 0 atom stereocenters. The molecule has 0 aliphatic heterocycles. The van der Waals surface area contributed by atoms with E-state index in [1.54, 1.807) is 16.7 Å². The maximum absolute atomic E-state index is 11.4. The first-order valence-corrected chi connectivity index (χ1v) is 4.69. The summed E-state index contributed by atoms with van der Waals surface area (Å²) in [5.41, 5.74) is 5.78. The van der Waals surface area contributed by atoms with E-state index in [1.165, 1.54) is 6.33 Å². The van der Waals surface area contributed by atoms with Crippen LogP contribution in [-0.2, 0) is 6.54 Å². The number of H-pyrrole nitrogens is 1. The minimum atomic E-state index is -0.354. The van der Waals surface area contributed by atoms with E-state index in [2.05, 4.69) is 15.0 Å². The van der Waals surface area contributed by atoms with Gasteiger partial charge in [-0.15, -0.1) is 0 Å². The Morgan fingerprint density at radius 1 is 1.56 bits per heavy atom. The number of imidazole rings is 1. The normalized spacial score (nSPS) is 11.6. The van der Waals surface area contributed by atoms with Crippen LogP contribution in [0.25, 0.3) is 11.2 Å². The van der Waals surface area contributed by atoms with E-state index in [0.29, 0.717) is 12.2 Å². The quantitative estimate of drug-likeness (QED) is 0.591. The average molecular weight is 221 g/mol. The monoisotopic (exact) mass is 221 g/mol. The molecule has 16 heavy (non-hydrogen) atoms. The Morgan fingerprint density at radius 2 is 2.38 bits per heavy atom. The number of nitrogen functional groups attached to an aromatic ring is 1. The Bertz CT molecular complexity index is 583. The molecule has 2 rings (SSSR count). The van der Waals surface area contributed by atoms with Crippen LogP contribution in [0.1, 0.15) is 0 Å². The third-order valence-corrected chi connectivity index (χ3v) is 2.07. The third kappa shape index (κ3) is 1.80. The number of aliphatic hydroxyl groups excluding tert-OH is 1. The summed E-state index contributed by atoms with van der Waals surface area (Å²) in [7, 11) is 0. The third-order valence-electron chi connectivity index (χ3n) is 2.07. The van der Waals surface area contributed by atoms with E-state index >= 15 is 0 Å². The first-order chi connectivity index (χ1) is 7.72. The zero-order valence-electron chi connectivity index (χ0n) is 8.42. The molecule has 0 radical (unpaired) electrons. The fourth-order valence-corrected chi connectivity index (χ4v) is 1.37. The van der Waals surface area contributed by atoms with E-state index in [1.807, 2.05) is 0 Å². The van der Waals surface area contributed by atoms with Crippen molar-refractivity contribution in [3.05, 3.63) is 28.8 Å². The van der Waals surface area contributed by atoms with Gasteiger partial charge in [-0.25, -0.2) is 4.98 Å². The molecule has 84 valence electrons. The van der Waals surface area contributed by atoms with Gasteiger partial charge in [0.05, 0.1) is 12.9 Å². The van der Waals surface area contributed by atoms with Crippen molar-refractivity contribution in [3.8, 4) is 0 Å². The second-order valence-electron chi connectivity index (χ2n) is 3.17. The molecule has 0 saturated carbocycles. The van der Waals surface area contributed by atoms with Crippen LogP contribution in [0.3, 0.4) is 0 Å². The highest BCUT2D eigenvalue weighted by atomic mass is 16.2. The van der Waals surface area contributed by atoms with Gasteiger partial charge in [-0.05, 0) is 0 Å². The average Bonchev–Trinajstić information content (AvgIpc) is 2.62. The number of hydrogen-bond donors (Lipinski definition) is 3. The Labute approximate surface area is 90.3 Å². The molecule has 0 spiro atoms. The predicted molar refractivity (Wildman–Crippen MR) is 58.8 cm³/mol. The predicted octanol–water partition coefficient (Wildman–Crippen LogP) is -0.750. The SMILES string of the molecule is Nc1nc2c(ncn2C/C=C\CO)c(=O)[nH]1. The van der Waals surface area contributed by atoms with Crippen molar-refractivity contribution in [1.29, 1.82) is 0 Å². The minimum absolute atomic E-state index is 0.0250. The number of aromatic amines is 1. The summed E-state index contributed by atoms with van der Waals surface area (Å²) in [5, 5.41) is 8.59. The first kappa shape index (κ1) is 10.4. The lowest BCUT2D eigenvalue weighted by atomic mass is 10.5. The van der Waals surface area contributed by atoms with E-state index in [9.17, 15) is 4.79 Å². The molecule has 0 aromatic carbocycles. The Kier molecular flexibility index (Phi) is 2.69. The van der Waals surface area contributed by atoms with Gasteiger partial charge < -0.3 is 15.4 Å². The van der Waals surface area contributed by atoms with E-state index < -0.39 is 0 Å². The topological polar surface area (TPSA) is 110 Å². The van der Waals surface area contributed by atoms with Crippen molar-refractivity contribution < 1.29 is 5.11 Å². The summed E-state index contributed by atoms with van der Waals surface area (Å²) in [6.07, 6.45) is 4.86. The number of allylic oxidation sites excluding steroid dienone is 1. The standard InChI is InChI=1S/C9H11N5O2/c10-9-12-7-6(8(16)13-9)11-5-14(7)3-1-2-4-15/h1-2,5,15H,3-4H2,(H3,10,12,13,16)/b2-1-. The smallest absolute Gasteiger partial charge is 0.280 e. The van der Waals surface area contributed by atoms with Gasteiger partial charge in [-0.2, -0.15) is 4.98 Å². The summed E-state index contributed by atoms with van der Waals surface area (Å²) in [6, 6.07) is 0. The van der Waals surface area contributed by atoms with Crippen LogP contribution in [0.2, 0.25) is 0 Å². The van der Waals surface area contributed by atoms with Crippen LogP contribution in [0.15, 0.2) is 23.3 Å². The summed E-state index contributed by atoms with van der Waals surface area (Å²) in [5.74, 6) is 0.0605. The van der Waals surface area contributed by atoms with Gasteiger partial charge >= 0.3 is 0 Å². The molecule has 0 aliphatic rings. The molecule has 0 saturated heterocycles. The minimum Gasteiger partial charge on any atom is -0.392 e. The van der Waals surface area contributed by atoms with Gasteiger partial charge in [0.15, 0.2) is 11.2 Å². The lowest BCUT2D eigenvalue weighted by Gasteiger charge is -1.98. The number of nitrogens with one attached hydrogen (secondary N) is 1. The van der Waals surface area contributed by atoms with Gasteiger partial charge in [0.2, 0.25) is 5.95 Å². The lowest BCUT2D eigenvalue weighted by Crippen LogP contribution is -2.12. The Morgan fingerprint density at radius 3 is 3.12 bits per heavy atom. The molecule has 7 heteroatoms. The molecule has 0 aliphatic carbocycles. The number of nitrogens with zero attached hydrogens (tertiary/aromatic N) is 3. The fourth-order valence-electron chi connectivity index (χ4n) is 1.37. The van der Waals surface area contributed by atoms with Gasteiger partial charge in [-0.1, -0.05) is 12.2 Å². The van der Waals surface area contributed by atoms with Gasteiger partial charge in [0, 0.05) is 6.54 Å². The maximum Gasteiger partial charge on any atom is 0.280 e. The number of fused-ring (bicyclic) bond motifs is 1. The zero-order chi connectivity index (χ0) is 11.5. The Hall–Kier alpha value is -2.15. The molecule has 0 unspecified atom stereocenters. The highest BCUT2D eigenvalue weighted by Crippen LogP contribution is 2.05. The summed E-state index contributed by atoms with van der Waals surface area (Å²) < 4.78 is 1.67. The highest BCUT2D eigenvalue weighted by Gasteiger charge is 2.07. The molecule has 0 fully saturated rings. The summed E-state index contributed by atoms with van der Waals surface area (Å²) in [6.45, 7) is 0.454. The first-order valence-electron chi connectivity index (χ1n) is 4.69. The van der Waals surface area contributed by atoms with Crippen molar-refractivity contribution in [1.82, 2.24) is 19.5 Å². The maximum atomic E-state index is 11.4. The van der Waals surface area contributed by atoms with Gasteiger partial charge in [0.1, 0.15) is 0 Å². The molecule has 7 nitrogen and oxygen atoms in total. The molecular formula is C9H11N5O2. The fraction of sp³-hybridized carbons (Fsp3) is 0.222. The van der Waals surface area contributed by atoms with Crippen molar-refractivity contribution in [2.24, 2.45) is 0 Å². The second-order valence-corrected chi connectivity index (χ2v) is 3.17. The highest BCUT2D eigenvalue weighted by molar-refractivity contribution is 5.70. The second kappa shape index (κ2) is 4.15. The van der Waals surface area contributed by atoms with E-state index in [-0.39, 0.29) is 23.6 Å². The van der Waals surface area contributed by atoms with Crippen LogP contribution in [0.5, 0.6) is 0 Å². The molecule has 0 amide bonds. The van der Waals surface area contributed by atoms with Gasteiger partial charge in [-0.3, -0.25) is 9.78 Å². The molecule has 2 aromatic rings. The molecule has 2 heterocycles. The van der Waals surface area contributed by atoms with Crippen molar-refractivity contribution >= 4 is 17.1 Å². The van der Waals surface area contributed by atoms with E-state index in [4.69, 9.17) is 10.8 Å². The number of nitrogens with two attached hydrogens (primary N) is 1. The van der Waals surface area contributed by atoms with Crippen molar-refractivity contribution in [2.75, 3.05) is 12.3 Å². The summed E-state index contributed by atoms with van der Waals surface area (Å²) in [4.78, 5) is 21.7. The number of aromatic nitrogens is 4. The van der Waals surface area contributed by atoms with Crippen LogP contribution >= 0.6 is 0 Å². The van der Waals surface area contributed by atoms with Crippen LogP contribution in [0, 0.1) is 0 Å². The molecule has 4 N–H and O–H groups in total. The molecule has 2 aromatic heterocycles. The molecular weight excluding hydrogens is 210 g/mol. The lowest BCUT2D eigenvalue weighted by molar-refractivity contribution is 0.342. The summed E-state index contributed by atoms with van der Waals surface area (Å²) >= 11 is 0. The zero-order valence-corrected chi connectivity index (χ0v) is 8.42. The number of anilines is 1. The van der Waals surface area contributed by atoms with Crippen molar-refractivity contribution in [3.63, 3.8) is 0 Å². The largest absolute Gasteiger partial charge is 0.392 e. The van der Waals surface area contributed by atoms with Gasteiger partial charge in [0.25, 0.3) is 5.56 Å². The number of aliphatic hydroxyl groups is 1. The number of rotatable bonds is 3. The van der Waals surface area contributed by atoms with Crippen LogP contribution in [-0.4, -0.2) is 31.2 Å². The Balaban J connectivity index is 2.47. The van der Waals surface area contributed by atoms with Crippen molar-refractivity contribution in [2.45, 2.75) is 6.54 Å². The number of hydrogen-bond acceptors (Lipinski definition) is 5. The van der Waals surface area contributed by atoms with E-state index in [0.717, 1.165) is 0 Å². The molecule has 0 bridgehead atoms. The van der Waals surface area contributed by atoms with Crippen LogP contribution in [0.4, 0.5) is 5.95 Å².